The number of fused-ring (bicyclic) bond motifs is 5. The molecule has 7 rings (SSSR count). The van der Waals surface area contributed by atoms with E-state index in [1.807, 2.05) is 18.5 Å². The van der Waals surface area contributed by atoms with Gasteiger partial charge in [0.1, 0.15) is 0 Å². The van der Waals surface area contributed by atoms with Gasteiger partial charge in [0, 0.05) is 32.5 Å². The first kappa shape index (κ1) is 37.3. The molecule has 2 nitrogen and oxygen atoms in total. The SMILES string of the molecule is CC(C)(C)c1cc[c-]c(-c2cc(C(C)(C)C)ccn2)c1.CC(C)(C)c1ccc(-c2[c-]cc3c(c2)-c2ccc4ccccc4c2C3(C)C)nc1.[Ir]. The van der Waals surface area contributed by atoms with E-state index in [1.54, 1.807) is 0 Å². The van der Waals surface area contributed by atoms with Gasteiger partial charge in [0.15, 0.2) is 0 Å². The zero-order valence-corrected chi connectivity index (χ0v) is 33.9. The van der Waals surface area contributed by atoms with Gasteiger partial charge in [0.05, 0.1) is 0 Å². The van der Waals surface area contributed by atoms with Gasteiger partial charge in [-0.2, -0.15) is 0 Å². The number of hydrogen-bond acceptors (Lipinski definition) is 2. The van der Waals surface area contributed by atoms with Gasteiger partial charge in [0.2, 0.25) is 0 Å². The van der Waals surface area contributed by atoms with Gasteiger partial charge in [-0.3, -0.25) is 0 Å². The third-order valence-corrected chi connectivity index (χ3v) is 9.94. The summed E-state index contributed by atoms with van der Waals surface area (Å²) in [6.07, 6.45) is 3.90. The van der Waals surface area contributed by atoms with E-state index in [4.69, 9.17) is 4.98 Å². The number of benzene rings is 4. The van der Waals surface area contributed by atoms with Gasteiger partial charge in [-0.15, -0.1) is 64.7 Å². The summed E-state index contributed by atoms with van der Waals surface area (Å²) in [4.78, 5) is 9.27. The first-order valence-corrected chi connectivity index (χ1v) is 17.5. The van der Waals surface area contributed by atoms with Gasteiger partial charge in [0.25, 0.3) is 0 Å². The molecule has 1 aliphatic rings. The monoisotopic (exact) mass is 835 g/mol. The quantitative estimate of drug-likeness (QED) is 0.162. The van der Waals surface area contributed by atoms with Gasteiger partial charge in [-0.25, -0.2) is 0 Å². The predicted molar refractivity (Wildman–Crippen MR) is 208 cm³/mol. The zero-order valence-electron chi connectivity index (χ0n) is 31.5. The number of hydrogen-bond donors (Lipinski definition) is 0. The normalized spacial score (nSPS) is 13.5. The van der Waals surface area contributed by atoms with Crippen LogP contribution in [0, 0.1) is 12.1 Å². The van der Waals surface area contributed by atoms with Crippen LogP contribution in [-0.2, 0) is 41.8 Å². The van der Waals surface area contributed by atoms with Crippen molar-refractivity contribution in [1.29, 1.82) is 0 Å². The van der Waals surface area contributed by atoms with Crippen LogP contribution in [0.25, 0.3) is 44.4 Å². The summed E-state index contributed by atoms with van der Waals surface area (Å²) < 4.78 is 0. The molecule has 0 spiro atoms. The minimum Gasteiger partial charge on any atom is -0.305 e. The third kappa shape index (κ3) is 7.41. The third-order valence-electron chi connectivity index (χ3n) is 9.94. The first-order valence-electron chi connectivity index (χ1n) is 17.5. The van der Waals surface area contributed by atoms with Crippen molar-refractivity contribution in [3.63, 3.8) is 0 Å². The van der Waals surface area contributed by atoms with Gasteiger partial charge < -0.3 is 9.97 Å². The average molecular weight is 835 g/mol. The molecule has 4 aromatic carbocycles. The van der Waals surface area contributed by atoms with Crippen LogP contribution in [0.3, 0.4) is 0 Å². The van der Waals surface area contributed by atoms with Crippen molar-refractivity contribution in [2.24, 2.45) is 0 Å². The Morgan fingerprint density at radius 3 is 1.90 bits per heavy atom. The summed E-state index contributed by atoms with van der Waals surface area (Å²) in [6.45, 7) is 24.7. The maximum absolute atomic E-state index is 4.75. The molecule has 50 heavy (non-hydrogen) atoms. The van der Waals surface area contributed by atoms with Crippen LogP contribution in [0.1, 0.15) is 104 Å². The zero-order chi connectivity index (χ0) is 35.4. The minimum atomic E-state index is -0.0376. The van der Waals surface area contributed by atoms with Crippen molar-refractivity contribution in [2.45, 2.75) is 97.8 Å². The van der Waals surface area contributed by atoms with E-state index >= 15 is 0 Å². The molecule has 1 radical (unpaired) electrons. The molecule has 6 aromatic rings. The summed E-state index contributed by atoms with van der Waals surface area (Å²) in [6, 6.07) is 39.4. The van der Waals surface area contributed by atoms with Gasteiger partial charge in [-0.1, -0.05) is 136 Å². The molecular weight excluding hydrogens is 785 g/mol. The summed E-state index contributed by atoms with van der Waals surface area (Å²) in [5, 5.41) is 2.65. The summed E-state index contributed by atoms with van der Waals surface area (Å²) in [5.74, 6) is 0. The van der Waals surface area contributed by atoms with E-state index in [9.17, 15) is 0 Å². The van der Waals surface area contributed by atoms with Crippen LogP contribution < -0.4 is 0 Å². The molecule has 0 saturated heterocycles. The molecule has 1 aliphatic carbocycles. The van der Waals surface area contributed by atoms with E-state index in [2.05, 4.69) is 178 Å². The van der Waals surface area contributed by atoms with E-state index in [0.717, 1.165) is 22.5 Å². The Kier molecular flexibility index (Phi) is 10.2. The van der Waals surface area contributed by atoms with Crippen LogP contribution in [0.5, 0.6) is 0 Å². The van der Waals surface area contributed by atoms with E-state index in [1.165, 1.54) is 49.7 Å². The predicted octanol–water partition coefficient (Wildman–Crippen LogP) is 12.4. The summed E-state index contributed by atoms with van der Waals surface area (Å²) in [7, 11) is 0. The second kappa shape index (κ2) is 13.7. The van der Waals surface area contributed by atoms with E-state index < -0.39 is 0 Å². The maximum Gasteiger partial charge on any atom is 0.0198 e. The van der Waals surface area contributed by atoms with Crippen LogP contribution in [-0.4, -0.2) is 9.97 Å². The molecular formula is C47H50IrN2-2. The molecule has 0 fully saturated rings. The number of nitrogens with zero attached hydrogens (tertiary/aromatic N) is 2. The van der Waals surface area contributed by atoms with Crippen molar-refractivity contribution in [3.8, 4) is 33.6 Å². The molecule has 0 saturated carbocycles. The standard InChI is InChI=1S/C28H26N.C19H24N.Ir/c1-27(2,3)20-12-15-25(29-17-20)19-11-14-24-23(16-19)22-13-10-18-8-6-7-9-21(18)26(22)28(24,4)5;1-18(2,3)15-9-7-8-14(12-15)17-13-16(10-11-20-17)19(4,5)6;/h6-10,12-17H,1-5H3;7,9-13H,1-6H3;/q2*-1;. The van der Waals surface area contributed by atoms with Crippen molar-refractivity contribution < 1.29 is 20.1 Å². The number of aromatic nitrogens is 2. The fourth-order valence-corrected chi connectivity index (χ4v) is 6.81. The molecule has 0 aliphatic heterocycles. The number of rotatable bonds is 2. The summed E-state index contributed by atoms with van der Waals surface area (Å²) >= 11 is 0. The molecule has 259 valence electrons. The molecule has 2 heterocycles. The van der Waals surface area contributed by atoms with Crippen LogP contribution in [0.4, 0.5) is 0 Å². The molecule has 0 N–H and O–H groups in total. The van der Waals surface area contributed by atoms with Crippen molar-refractivity contribution >= 4 is 10.8 Å². The smallest absolute Gasteiger partial charge is 0.0198 e. The van der Waals surface area contributed by atoms with Gasteiger partial charge >= 0.3 is 0 Å². The molecule has 0 amide bonds. The molecule has 0 bridgehead atoms. The van der Waals surface area contributed by atoms with Gasteiger partial charge in [-0.05, 0) is 72.1 Å². The minimum absolute atomic E-state index is 0. The van der Waals surface area contributed by atoms with E-state index in [-0.39, 0.29) is 41.8 Å². The van der Waals surface area contributed by atoms with E-state index in [0.29, 0.717) is 0 Å². The Bertz CT molecular complexity index is 2080. The van der Waals surface area contributed by atoms with Crippen molar-refractivity contribution in [2.75, 3.05) is 0 Å². The Balaban J connectivity index is 0.000000204. The Morgan fingerprint density at radius 1 is 0.580 bits per heavy atom. The second-order valence-corrected chi connectivity index (χ2v) is 17.1. The molecule has 0 atom stereocenters. The molecule has 2 aromatic heterocycles. The van der Waals surface area contributed by atoms with Crippen LogP contribution >= 0.6 is 0 Å². The molecule has 3 heteroatoms. The molecule has 0 unspecified atom stereocenters. The Labute approximate surface area is 314 Å². The summed E-state index contributed by atoms with van der Waals surface area (Å²) in [5.41, 5.74) is 13.8. The largest absolute Gasteiger partial charge is 0.305 e. The second-order valence-electron chi connectivity index (χ2n) is 17.1. The van der Waals surface area contributed by atoms with Crippen LogP contribution in [0.15, 0.2) is 103 Å². The Hall–Kier alpha value is -3.91. The van der Waals surface area contributed by atoms with Crippen LogP contribution in [0.2, 0.25) is 0 Å². The maximum atomic E-state index is 4.75. The topological polar surface area (TPSA) is 25.8 Å². The fraction of sp³-hybridized carbons (Fsp3) is 0.319. The average Bonchev–Trinajstić information content (AvgIpc) is 3.30. The fourth-order valence-electron chi connectivity index (χ4n) is 6.81. The van der Waals surface area contributed by atoms with Crippen molar-refractivity contribution in [1.82, 2.24) is 9.97 Å². The number of pyridine rings is 2. The first-order chi connectivity index (χ1) is 22.9. The Morgan fingerprint density at radius 2 is 1.24 bits per heavy atom. The van der Waals surface area contributed by atoms with Crippen molar-refractivity contribution in [3.05, 3.63) is 143 Å².